The summed E-state index contributed by atoms with van der Waals surface area (Å²) < 4.78 is 0. The molecule has 2 rings (SSSR count). The third-order valence-electron chi connectivity index (χ3n) is 2.65. The maximum atomic E-state index is 11.7. The van der Waals surface area contributed by atoms with E-state index in [9.17, 15) is 4.79 Å². The Morgan fingerprint density at radius 2 is 1.95 bits per heavy atom. The van der Waals surface area contributed by atoms with Crippen LogP contribution in [0.1, 0.15) is 17.0 Å². The van der Waals surface area contributed by atoms with Gasteiger partial charge >= 0.3 is 6.03 Å². The van der Waals surface area contributed by atoms with Gasteiger partial charge in [0.1, 0.15) is 0 Å². The van der Waals surface area contributed by atoms with Gasteiger partial charge in [0.2, 0.25) is 0 Å². The number of rotatable bonds is 3. The van der Waals surface area contributed by atoms with Crippen molar-refractivity contribution in [1.29, 1.82) is 0 Å². The summed E-state index contributed by atoms with van der Waals surface area (Å²) >= 11 is 0. The minimum absolute atomic E-state index is 0.228. The van der Waals surface area contributed by atoms with E-state index in [2.05, 4.69) is 15.6 Å². The first-order chi connectivity index (χ1) is 9.13. The van der Waals surface area contributed by atoms with Gasteiger partial charge in [0.05, 0.1) is 12.2 Å². The van der Waals surface area contributed by atoms with E-state index in [1.54, 1.807) is 0 Å². The van der Waals surface area contributed by atoms with Gasteiger partial charge in [0.25, 0.3) is 0 Å². The summed E-state index contributed by atoms with van der Waals surface area (Å²) in [7, 11) is 0. The molecule has 98 valence electrons. The van der Waals surface area contributed by atoms with E-state index in [1.807, 2.05) is 56.3 Å². The topological polar surface area (TPSA) is 54.0 Å². The molecule has 1 aromatic heterocycles. The number of carbonyl (C=O) groups is 1. The molecule has 2 amide bonds. The zero-order chi connectivity index (χ0) is 13.7. The Hall–Kier alpha value is -2.36. The first-order valence-corrected chi connectivity index (χ1v) is 6.17. The van der Waals surface area contributed by atoms with E-state index in [0.29, 0.717) is 6.54 Å². The predicted molar refractivity (Wildman–Crippen MR) is 76.0 cm³/mol. The molecule has 0 aliphatic heterocycles. The van der Waals surface area contributed by atoms with Crippen LogP contribution in [0.5, 0.6) is 0 Å². The van der Waals surface area contributed by atoms with Crippen molar-refractivity contribution in [1.82, 2.24) is 10.3 Å². The predicted octanol–water partition coefficient (Wildman–Crippen LogP) is 3.02. The summed E-state index contributed by atoms with van der Waals surface area (Å²) in [4.78, 5) is 16.1. The lowest BCUT2D eigenvalue weighted by molar-refractivity contribution is 0.251. The Bertz CT molecular complexity index is 581. The number of aromatic nitrogens is 1. The van der Waals surface area contributed by atoms with Crippen molar-refractivity contribution in [3.63, 3.8) is 0 Å². The van der Waals surface area contributed by atoms with E-state index in [-0.39, 0.29) is 6.03 Å². The Labute approximate surface area is 112 Å². The Balaban J connectivity index is 1.88. The summed E-state index contributed by atoms with van der Waals surface area (Å²) in [5, 5.41) is 5.57. The number of carbonyl (C=O) groups excluding carboxylic acids is 1. The van der Waals surface area contributed by atoms with Crippen LogP contribution in [-0.2, 0) is 6.54 Å². The highest BCUT2D eigenvalue weighted by atomic mass is 16.2. The van der Waals surface area contributed by atoms with E-state index >= 15 is 0 Å². The van der Waals surface area contributed by atoms with Crippen LogP contribution in [0.25, 0.3) is 0 Å². The van der Waals surface area contributed by atoms with Gasteiger partial charge in [-0.3, -0.25) is 4.98 Å². The minimum atomic E-state index is -0.228. The van der Waals surface area contributed by atoms with Crippen molar-refractivity contribution in [2.45, 2.75) is 20.4 Å². The summed E-state index contributed by atoms with van der Waals surface area (Å²) in [6.45, 7) is 4.33. The number of anilines is 1. The molecule has 2 N–H and O–H groups in total. The second-order valence-corrected chi connectivity index (χ2v) is 4.45. The molecule has 1 heterocycles. The highest BCUT2D eigenvalue weighted by molar-refractivity contribution is 5.89. The summed E-state index contributed by atoms with van der Waals surface area (Å²) in [6.07, 6.45) is 0. The molecule has 0 radical (unpaired) electrons. The maximum absolute atomic E-state index is 11.7. The van der Waals surface area contributed by atoms with Crippen LogP contribution in [0.3, 0.4) is 0 Å². The molecule has 2 aromatic rings. The molecular weight excluding hydrogens is 238 g/mol. The number of amides is 2. The molecule has 19 heavy (non-hydrogen) atoms. The average molecular weight is 255 g/mol. The van der Waals surface area contributed by atoms with Crippen molar-refractivity contribution < 1.29 is 4.79 Å². The van der Waals surface area contributed by atoms with Crippen LogP contribution in [0, 0.1) is 13.8 Å². The average Bonchev–Trinajstić information content (AvgIpc) is 2.36. The van der Waals surface area contributed by atoms with E-state index < -0.39 is 0 Å². The molecule has 0 unspecified atom stereocenters. The standard InChI is InChI=1S/C15H17N3O/c1-11-5-3-7-13(9-11)18-15(19)16-10-14-8-4-6-12(2)17-14/h3-9H,10H2,1-2H3,(H2,16,18,19). The fraction of sp³-hybridized carbons (Fsp3) is 0.200. The molecule has 4 heteroatoms. The Morgan fingerprint density at radius 1 is 1.16 bits per heavy atom. The number of hydrogen-bond acceptors (Lipinski definition) is 2. The third-order valence-corrected chi connectivity index (χ3v) is 2.65. The van der Waals surface area contributed by atoms with Crippen LogP contribution in [0.15, 0.2) is 42.5 Å². The number of urea groups is 1. The van der Waals surface area contributed by atoms with Crippen molar-refractivity contribution in [3.8, 4) is 0 Å². The largest absolute Gasteiger partial charge is 0.332 e. The van der Waals surface area contributed by atoms with Crippen LogP contribution >= 0.6 is 0 Å². The van der Waals surface area contributed by atoms with Gasteiger partial charge in [-0.1, -0.05) is 18.2 Å². The number of nitrogens with one attached hydrogen (secondary N) is 2. The minimum Gasteiger partial charge on any atom is -0.332 e. The molecule has 4 nitrogen and oxygen atoms in total. The van der Waals surface area contributed by atoms with Crippen LogP contribution < -0.4 is 10.6 Å². The number of aryl methyl sites for hydroxylation is 2. The lowest BCUT2D eigenvalue weighted by atomic mass is 10.2. The van der Waals surface area contributed by atoms with Gasteiger partial charge in [0.15, 0.2) is 0 Å². The second kappa shape index (κ2) is 6.00. The Morgan fingerprint density at radius 3 is 2.68 bits per heavy atom. The van der Waals surface area contributed by atoms with Gasteiger partial charge in [-0.2, -0.15) is 0 Å². The molecule has 0 atom stereocenters. The molecule has 0 saturated heterocycles. The van der Waals surface area contributed by atoms with Gasteiger partial charge in [0, 0.05) is 11.4 Å². The summed E-state index contributed by atoms with van der Waals surface area (Å²) in [5.74, 6) is 0. The smallest absolute Gasteiger partial charge is 0.319 e. The first kappa shape index (κ1) is 13.1. The Kier molecular flexibility index (Phi) is 4.13. The number of pyridine rings is 1. The quantitative estimate of drug-likeness (QED) is 0.885. The zero-order valence-corrected chi connectivity index (χ0v) is 11.1. The number of benzene rings is 1. The van der Waals surface area contributed by atoms with E-state index in [0.717, 1.165) is 22.6 Å². The summed E-state index contributed by atoms with van der Waals surface area (Å²) in [5.41, 5.74) is 3.69. The van der Waals surface area contributed by atoms with Crippen LogP contribution in [0.2, 0.25) is 0 Å². The molecule has 0 fully saturated rings. The zero-order valence-electron chi connectivity index (χ0n) is 11.1. The van der Waals surface area contributed by atoms with Gasteiger partial charge in [-0.15, -0.1) is 0 Å². The molecule has 0 spiro atoms. The number of nitrogens with zero attached hydrogens (tertiary/aromatic N) is 1. The molecule has 0 bridgehead atoms. The highest BCUT2D eigenvalue weighted by Gasteiger charge is 2.02. The fourth-order valence-electron chi connectivity index (χ4n) is 1.77. The van der Waals surface area contributed by atoms with Crippen molar-refractivity contribution in [3.05, 3.63) is 59.4 Å². The van der Waals surface area contributed by atoms with Crippen molar-refractivity contribution in [2.75, 3.05) is 5.32 Å². The number of hydrogen-bond donors (Lipinski definition) is 2. The maximum Gasteiger partial charge on any atom is 0.319 e. The molecular formula is C15H17N3O. The molecule has 1 aromatic carbocycles. The first-order valence-electron chi connectivity index (χ1n) is 6.17. The summed E-state index contributed by atoms with van der Waals surface area (Å²) in [6, 6.07) is 13.2. The lowest BCUT2D eigenvalue weighted by Gasteiger charge is -2.08. The SMILES string of the molecule is Cc1cccc(NC(=O)NCc2cccc(C)n2)c1. The fourth-order valence-corrected chi connectivity index (χ4v) is 1.77. The van der Waals surface area contributed by atoms with Gasteiger partial charge < -0.3 is 10.6 Å². The second-order valence-electron chi connectivity index (χ2n) is 4.45. The third kappa shape index (κ3) is 4.10. The van der Waals surface area contributed by atoms with Crippen molar-refractivity contribution in [2.24, 2.45) is 0 Å². The van der Waals surface area contributed by atoms with E-state index in [1.165, 1.54) is 0 Å². The van der Waals surface area contributed by atoms with Crippen LogP contribution in [0.4, 0.5) is 10.5 Å². The van der Waals surface area contributed by atoms with Gasteiger partial charge in [-0.25, -0.2) is 4.79 Å². The lowest BCUT2D eigenvalue weighted by Crippen LogP contribution is -2.28. The van der Waals surface area contributed by atoms with E-state index in [4.69, 9.17) is 0 Å². The normalized spacial score (nSPS) is 10.0. The van der Waals surface area contributed by atoms with Crippen LogP contribution in [-0.4, -0.2) is 11.0 Å². The van der Waals surface area contributed by atoms with Crippen molar-refractivity contribution >= 4 is 11.7 Å². The monoisotopic (exact) mass is 255 g/mol. The highest BCUT2D eigenvalue weighted by Crippen LogP contribution is 2.09. The molecule has 0 saturated carbocycles. The molecule has 0 aliphatic rings. The van der Waals surface area contributed by atoms with Gasteiger partial charge in [-0.05, 0) is 43.7 Å². The molecule has 0 aliphatic carbocycles.